The lowest BCUT2D eigenvalue weighted by atomic mass is 9.96. The molecule has 0 aromatic carbocycles. The van der Waals surface area contributed by atoms with Crippen LogP contribution in [-0.2, 0) is 0 Å². The molecule has 0 atom stereocenters. The van der Waals surface area contributed by atoms with E-state index in [-0.39, 0.29) is 17.7 Å². The van der Waals surface area contributed by atoms with Crippen molar-refractivity contribution >= 4 is 23.1 Å². The maximum absolute atomic E-state index is 12.0. The Morgan fingerprint density at radius 2 is 2.29 bits per heavy atom. The lowest BCUT2D eigenvalue weighted by molar-refractivity contribution is 0.0704. The lowest BCUT2D eigenvalue weighted by Crippen LogP contribution is -2.41. The molecule has 0 aliphatic carbocycles. The van der Waals surface area contributed by atoms with Crippen molar-refractivity contribution in [3.63, 3.8) is 0 Å². The summed E-state index contributed by atoms with van der Waals surface area (Å²) in [6.45, 7) is 1.24. The molecule has 7 heteroatoms. The second-order valence-electron chi connectivity index (χ2n) is 3.97. The van der Waals surface area contributed by atoms with E-state index in [0.29, 0.717) is 18.8 Å². The number of amides is 1. The molecule has 1 aliphatic heterocycles. The van der Waals surface area contributed by atoms with Crippen molar-refractivity contribution in [3.05, 3.63) is 16.6 Å². The number of nitrogens with zero attached hydrogens (tertiary/aromatic N) is 3. The second-order valence-corrected chi connectivity index (χ2v) is 4.68. The van der Waals surface area contributed by atoms with Gasteiger partial charge in [-0.25, -0.2) is 4.98 Å². The van der Waals surface area contributed by atoms with Gasteiger partial charge in [0.05, 0.1) is 5.51 Å². The minimum Gasteiger partial charge on any atom is -0.409 e. The van der Waals surface area contributed by atoms with Crippen LogP contribution in [0, 0.1) is 5.92 Å². The van der Waals surface area contributed by atoms with Crippen molar-refractivity contribution in [2.45, 2.75) is 12.8 Å². The Kier molecular flexibility index (Phi) is 3.58. The summed E-state index contributed by atoms with van der Waals surface area (Å²) in [6.07, 6.45) is 1.46. The fourth-order valence-corrected chi connectivity index (χ4v) is 2.47. The molecule has 1 aromatic heterocycles. The summed E-state index contributed by atoms with van der Waals surface area (Å²) < 4.78 is 0. The van der Waals surface area contributed by atoms with Gasteiger partial charge >= 0.3 is 0 Å². The quantitative estimate of drug-likeness (QED) is 0.352. The first-order valence-corrected chi connectivity index (χ1v) is 6.31. The van der Waals surface area contributed by atoms with Crippen LogP contribution < -0.4 is 5.73 Å². The average molecular weight is 254 g/mol. The lowest BCUT2D eigenvalue weighted by Gasteiger charge is -2.30. The fraction of sp³-hybridized carbons (Fsp3) is 0.500. The van der Waals surface area contributed by atoms with Gasteiger partial charge in [-0.1, -0.05) is 5.16 Å². The molecule has 2 heterocycles. The van der Waals surface area contributed by atoms with E-state index in [1.165, 1.54) is 11.3 Å². The zero-order valence-corrected chi connectivity index (χ0v) is 10.1. The molecule has 6 nitrogen and oxygen atoms in total. The molecule has 3 N–H and O–H groups in total. The topological polar surface area (TPSA) is 91.8 Å². The highest BCUT2D eigenvalue weighted by Gasteiger charge is 2.26. The first kappa shape index (κ1) is 11.8. The molecule has 17 heavy (non-hydrogen) atoms. The molecule has 0 radical (unpaired) electrons. The number of nitrogens with two attached hydrogens (primary N) is 1. The van der Waals surface area contributed by atoms with Crippen LogP contribution in [0.15, 0.2) is 16.0 Å². The Morgan fingerprint density at radius 3 is 2.82 bits per heavy atom. The highest BCUT2D eigenvalue weighted by atomic mass is 32.1. The average Bonchev–Trinajstić information content (AvgIpc) is 2.91. The van der Waals surface area contributed by atoms with Crippen LogP contribution in [0.1, 0.15) is 23.3 Å². The molecule has 0 saturated carbocycles. The fourth-order valence-electron chi connectivity index (χ4n) is 1.94. The van der Waals surface area contributed by atoms with Crippen LogP contribution in [0.4, 0.5) is 0 Å². The van der Waals surface area contributed by atoms with Gasteiger partial charge in [-0.05, 0) is 12.8 Å². The number of hydrogen-bond donors (Lipinski definition) is 2. The van der Waals surface area contributed by atoms with Crippen molar-refractivity contribution in [1.29, 1.82) is 0 Å². The molecule has 0 bridgehead atoms. The minimum absolute atomic E-state index is 0.0378. The third-order valence-electron chi connectivity index (χ3n) is 2.97. The third-order valence-corrected chi connectivity index (χ3v) is 3.55. The number of rotatable bonds is 2. The first-order valence-electron chi connectivity index (χ1n) is 5.37. The number of hydrogen-bond acceptors (Lipinski definition) is 5. The largest absolute Gasteiger partial charge is 0.409 e. The predicted molar refractivity (Wildman–Crippen MR) is 64.2 cm³/mol. The van der Waals surface area contributed by atoms with E-state index < -0.39 is 0 Å². The Hall–Kier alpha value is -1.63. The Balaban J connectivity index is 1.93. The van der Waals surface area contributed by atoms with E-state index >= 15 is 0 Å². The molecule has 0 spiro atoms. The number of likely N-dealkylation sites (tertiary alicyclic amines) is 1. The Bertz CT molecular complexity index is 410. The monoisotopic (exact) mass is 254 g/mol. The number of thiazole rings is 1. The van der Waals surface area contributed by atoms with Gasteiger partial charge in [0.15, 0.2) is 0 Å². The standard InChI is InChI=1S/C10H14N4O2S/c11-9(13-16)7-1-3-14(4-2-7)10(15)8-5-17-6-12-8/h5-7,16H,1-4H2,(H2,11,13). The molecule has 1 aromatic rings. The summed E-state index contributed by atoms with van der Waals surface area (Å²) in [5.41, 5.74) is 7.70. The number of carbonyl (C=O) groups excluding carboxylic acids is 1. The normalized spacial score (nSPS) is 18.4. The second kappa shape index (κ2) is 5.13. The van der Waals surface area contributed by atoms with Crippen molar-refractivity contribution in [2.24, 2.45) is 16.8 Å². The van der Waals surface area contributed by atoms with E-state index in [1.807, 2.05) is 0 Å². The van der Waals surface area contributed by atoms with Crippen molar-refractivity contribution < 1.29 is 10.0 Å². The number of oxime groups is 1. The molecular formula is C10H14N4O2S. The van der Waals surface area contributed by atoms with Crippen LogP contribution in [0.5, 0.6) is 0 Å². The SMILES string of the molecule is NC(=NO)C1CCN(C(=O)c2cscn2)CC1. The maximum Gasteiger partial charge on any atom is 0.273 e. The predicted octanol–water partition coefficient (Wildman–Crippen LogP) is 0.742. The Labute approximate surface area is 103 Å². The summed E-state index contributed by atoms with van der Waals surface area (Å²) in [7, 11) is 0. The number of carbonyl (C=O) groups is 1. The zero-order valence-electron chi connectivity index (χ0n) is 9.24. The summed E-state index contributed by atoms with van der Waals surface area (Å²) in [5, 5.41) is 13.3. The van der Waals surface area contributed by atoms with Crippen LogP contribution >= 0.6 is 11.3 Å². The van der Waals surface area contributed by atoms with Gasteiger partial charge in [-0.3, -0.25) is 4.79 Å². The third kappa shape index (κ3) is 2.55. The maximum atomic E-state index is 12.0. The van der Waals surface area contributed by atoms with Crippen LogP contribution in [0.2, 0.25) is 0 Å². The van der Waals surface area contributed by atoms with E-state index in [9.17, 15) is 4.79 Å². The number of aromatic nitrogens is 1. The van der Waals surface area contributed by atoms with Crippen LogP contribution in [0.3, 0.4) is 0 Å². The molecule has 0 unspecified atom stereocenters. The molecular weight excluding hydrogens is 240 g/mol. The Morgan fingerprint density at radius 1 is 1.59 bits per heavy atom. The van der Waals surface area contributed by atoms with Crippen molar-refractivity contribution in [2.75, 3.05) is 13.1 Å². The molecule has 1 fully saturated rings. The number of amidine groups is 1. The summed E-state index contributed by atoms with van der Waals surface area (Å²) in [5.74, 6) is 0.287. The van der Waals surface area contributed by atoms with E-state index in [4.69, 9.17) is 10.9 Å². The number of piperidine rings is 1. The molecule has 92 valence electrons. The van der Waals surface area contributed by atoms with Crippen LogP contribution in [-0.4, -0.2) is 39.9 Å². The van der Waals surface area contributed by atoms with Gasteiger partial charge in [0, 0.05) is 24.4 Å². The molecule has 1 aliphatic rings. The smallest absolute Gasteiger partial charge is 0.273 e. The van der Waals surface area contributed by atoms with E-state index in [2.05, 4.69) is 10.1 Å². The summed E-state index contributed by atoms with van der Waals surface area (Å²) in [6, 6.07) is 0. The summed E-state index contributed by atoms with van der Waals surface area (Å²) >= 11 is 1.41. The van der Waals surface area contributed by atoms with Gasteiger partial charge in [0.2, 0.25) is 0 Å². The van der Waals surface area contributed by atoms with E-state index in [1.54, 1.807) is 15.8 Å². The first-order chi connectivity index (χ1) is 8.22. The highest BCUT2D eigenvalue weighted by Crippen LogP contribution is 2.19. The molecule has 2 rings (SSSR count). The van der Waals surface area contributed by atoms with Gasteiger partial charge in [-0.15, -0.1) is 11.3 Å². The van der Waals surface area contributed by atoms with Gasteiger partial charge in [0.1, 0.15) is 11.5 Å². The summed E-state index contributed by atoms with van der Waals surface area (Å²) in [4.78, 5) is 17.7. The van der Waals surface area contributed by atoms with Crippen LogP contribution in [0.25, 0.3) is 0 Å². The minimum atomic E-state index is -0.0378. The molecule has 1 amide bonds. The van der Waals surface area contributed by atoms with Crippen molar-refractivity contribution in [3.8, 4) is 0 Å². The van der Waals surface area contributed by atoms with Gasteiger partial charge in [0.25, 0.3) is 5.91 Å². The highest BCUT2D eigenvalue weighted by molar-refractivity contribution is 7.07. The van der Waals surface area contributed by atoms with Crippen molar-refractivity contribution in [1.82, 2.24) is 9.88 Å². The zero-order chi connectivity index (χ0) is 12.3. The molecule has 1 saturated heterocycles. The van der Waals surface area contributed by atoms with Gasteiger partial charge in [-0.2, -0.15) is 0 Å². The van der Waals surface area contributed by atoms with Gasteiger partial charge < -0.3 is 15.8 Å². The van der Waals surface area contributed by atoms with E-state index in [0.717, 1.165) is 12.8 Å².